The minimum atomic E-state index is -1.23. The van der Waals surface area contributed by atoms with E-state index in [1.165, 1.54) is 26.0 Å². The van der Waals surface area contributed by atoms with E-state index in [-0.39, 0.29) is 35.5 Å². The van der Waals surface area contributed by atoms with Crippen molar-refractivity contribution in [1.82, 2.24) is 0 Å². The summed E-state index contributed by atoms with van der Waals surface area (Å²) in [5, 5.41) is 18.5. The van der Waals surface area contributed by atoms with Crippen molar-refractivity contribution in [3.63, 3.8) is 0 Å². The molecule has 0 heterocycles. The highest BCUT2D eigenvalue weighted by atomic mass is 16.6. The Morgan fingerprint density at radius 2 is 1.55 bits per heavy atom. The van der Waals surface area contributed by atoms with Crippen LogP contribution in [-0.2, 0) is 33.4 Å². The van der Waals surface area contributed by atoms with Gasteiger partial charge in [0, 0.05) is 17.2 Å². The Kier molecular flexibility index (Phi) is 13.2. The molecule has 0 aromatic rings. The number of unbranched alkanes of at least 4 members (excludes halogenated alkanes) is 1. The van der Waals surface area contributed by atoms with Crippen molar-refractivity contribution in [2.75, 3.05) is 20.3 Å². The molecule has 31 heavy (non-hydrogen) atoms. The Labute approximate surface area is 181 Å². The van der Waals surface area contributed by atoms with Crippen LogP contribution in [0, 0.1) is 0 Å². The Hall–Kier alpha value is -3.20. The average Bonchev–Trinajstić information content (AvgIpc) is 2.73. The molecule has 1 unspecified atom stereocenters. The lowest BCUT2D eigenvalue weighted by Crippen LogP contribution is -2.26. The lowest BCUT2D eigenvalue weighted by atomic mass is 9.95. The molecule has 0 aromatic carbocycles. The van der Waals surface area contributed by atoms with E-state index < -0.39 is 30.0 Å². The van der Waals surface area contributed by atoms with Gasteiger partial charge in [-0.3, -0.25) is 0 Å². The zero-order valence-corrected chi connectivity index (χ0v) is 18.3. The third-order valence-electron chi connectivity index (χ3n) is 4.09. The summed E-state index contributed by atoms with van der Waals surface area (Å²) in [6.45, 7) is 7.72. The van der Waals surface area contributed by atoms with E-state index in [0.717, 1.165) is 19.6 Å². The maximum absolute atomic E-state index is 12.6. The van der Waals surface area contributed by atoms with Gasteiger partial charge in [0.15, 0.2) is 0 Å². The largest absolute Gasteiger partial charge is 0.478 e. The SMILES string of the molecule is C=CC(=O)OCCOC(CCCC)C(C(=O)OC)=C(C=C(C)C(=O)O)C=C(C)C(=O)O. The molecule has 0 bridgehead atoms. The van der Waals surface area contributed by atoms with Crippen LogP contribution in [0.15, 0.2) is 47.1 Å². The van der Waals surface area contributed by atoms with E-state index in [0.29, 0.717) is 12.8 Å². The minimum Gasteiger partial charge on any atom is -0.478 e. The maximum Gasteiger partial charge on any atom is 0.337 e. The topological polar surface area (TPSA) is 136 Å². The van der Waals surface area contributed by atoms with Gasteiger partial charge in [0.2, 0.25) is 0 Å². The fraction of sp³-hybridized carbons (Fsp3) is 0.455. The first-order valence-electron chi connectivity index (χ1n) is 9.65. The molecule has 0 rings (SSSR count). The van der Waals surface area contributed by atoms with Gasteiger partial charge in [0.1, 0.15) is 6.61 Å². The summed E-state index contributed by atoms with van der Waals surface area (Å²) in [5.74, 6) is -3.88. The molecular weight excluding hydrogens is 408 g/mol. The van der Waals surface area contributed by atoms with Gasteiger partial charge in [-0.25, -0.2) is 19.2 Å². The second kappa shape index (κ2) is 14.7. The average molecular weight is 438 g/mol. The number of carboxylic acid groups (broad SMARTS) is 2. The molecule has 2 N–H and O–H groups in total. The second-order valence-electron chi connectivity index (χ2n) is 6.50. The van der Waals surface area contributed by atoms with Crippen LogP contribution in [0.4, 0.5) is 0 Å². The molecule has 0 saturated heterocycles. The summed E-state index contributed by atoms with van der Waals surface area (Å²) in [4.78, 5) is 46.5. The van der Waals surface area contributed by atoms with Crippen molar-refractivity contribution < 1.29 is 43.6 Å². The van der Waals surface area contributed by atoms with E-state index in [1.54, 1.807) is 0 Å². The number of ether oxygens (including phenoxy) is 3. The number of hydrogen-bond acceptors (Lipinski definition) is 7. The van der Waals surface area contributed by atoms with Crippen molar-refractivity contribution in [3.05, 3.63) is 47.1 Å². The van der Waals surface area contributed by atoms with E-state index in [2.05, 4.69) is 6.58 Å². The molecule has 0 aliphatic carbocycles. The molecule has 0 fully saturated rings. The molecule has 0 aliphatic heterocycles. The number of hydrogen-bond donors (Lipinski definition) is 2. The minimum absolute atomic E-state index is 0.0211. The number of allylic oxidation sites excluding steroid dienone is 3. The Balaban J connectivity index is 6.41. The lowest BCUT2D eigenvalue weighted by Gasteiger charge is -2.21. The number of rotatable bonds is 14. The van der Waals surface area contributed by atoms with Gasteiger partial charge in [-0.05, 0) is 38.0 Å². The molecule has 0 radical (unpaired) electrons. The quantitative estimate of drug-likeness (QED) is 0.181. The number of methoxy groups -OCH3 is 1. The van der Waals surface area contributed by atoms with Crippen LogP contribution in [0.1, 0.15) is 40.0 Å². The molecule has 0 aliphatic rings. The highest BCUT2D eigenvalue weighted by Gasteiger charge is 2.26. The lowest BCUT2D eigenvalue weighted by molar-refractivity contribution is -0.142. The first-order valence-corrected chi connectivity index (χ1v) is 9.65. The molecule has 0 aromatic heterocycles. The van der Waals surface area contributed by atoms with Crippen LogP contribution < -0.4 is 0 Å². The van der Waals surface area contributed by atoms with Gasteiger partial charge in [-0.2, -0.15) is 0 Å². The van der Waals surface area contributed by atoms with Crippen LogP contribution in [-0.4, -0.2) is 60.5 Å². The van der Waals surface area contributed by atoms with E-state index in [4.69, 9.17) is 14.2 Å². The Bertz CT molecular complexity index is 740. The van der Waals surface area contributed by atoms with E-state index in [9.17, 15) is 29.4 Å². The standard InChI is InChI=1S/C22H30O9/c1-6-8-9-17(30-10-11-31-18(23)7-2)19(22(28)29-5)16(12-14(3)20(24)25)13-15(4)21(26)27/h7,12-13,17H,2,6,8-11H2,1,3-5H3,(H,24,25)(H,26,27). The highest BCUT2D eigenvalue weighted by molar-refractivity contribution is 5.94. The molecule has 0 saturated carbocycles. The molecular formula is C22H30O9. The van der Waals surface area contributed by atoms with Crippen molar-refractivity contribution in [1.29, 1.82) is 0 Å². The maximum atomic E-state index is 12.6. The molecule has 9 nitrogen and oxygen atoms in total. The first kappa shape index (κ1) is 27.8. The van der Waals surface area contributed by atoms with Crippen LogP contribution >= 0.6 is 0 Å². The number of carbonyl (C=O) groups is 4. The number of aliphatic carboxylic acids is 2. The van der Waals surface area contributed by atoms with Gasteiger partial charge >= 0.3 is 23.9 Å². The monoisotopic (exact) mass is 438 g/mol. The summed E-state index contributed by atoms with van der Waals surface area (Å²) in [6.07, 6.45) is 4.37. The molecule has 0 spiro atoms. The highest BCUT2D eigenvalue weighted by Crippen LogP contribution is 2.24. The van der Waals surface area contributed by atoms with Crippen LogP contribution in [0.5, 0.6) is 0 Å². The predicted molar refractivity (Wildman–Crippen MR) is 112 cm³/mol. The van der Waals surface area contributed by atoms with Crippen LogP contribution in [0.2, 0.25) is 0 Å². The third-order valence-corrected chi connectivity index (χ3v) is 4.09. The normalized spacial score (nSPS) is 12.5. The van der Waals surface area contributed by atoms with Crippen molar-refractivity contribution in [3.8, 4) is 0 Å². The van der Waals surface area contributed by atoms with Gasteiger partial charge in [-0.15, -0.1) is 0 Å². The predicted octanol–water partition coefficient (Wildman–Crippen LogP) is 2.82. The van der Waals surface area contributed by atoms with Gasteiger partial charge in [-0.1, -0.05) is 26.3 Å². The Morgan fingerprint density at radius 3 is 1.97 bits per heavy atom. The molecule has 1 atom stereocenters. The van der Waals surface area contributed by atoms with Gasteiger partial charge in [0.25, 0.3) is 0 Å². The fourth-order valence-electron chi connectivity index (χ4n) is 2.42. The first-order chi connectivity index (χ1) is 14.6. The summed E-state index contributed by atoms with van der Waals surface area (Å²) >= 11 is 0. The molecule has 9 heteroatoms. The third kappa shape index (κ3) is 10.4. The van der Waals surface area contributed by atoms with Crippen LogP contribution in [0.25, 0.3) is 0 Å². The summed E-state index contributed by atoms with van der Waals surface area (Å²) in [5.41, 5.74) is -0.192. The molecule has 172 valence electrons. The van der Waals surface area contributed by atoms with Gasteiger partial charge in [0.05, 0.1) is 25.4 Å². The summed E-state index contributed by atoms with van der Waals surface area (Å²) < 4.78 is 15.5. The second-order valence-corrected chi connectivity index (χ2v) is 6.50. The smallest absolute Gasteiger partial charge is 0.337 e. The van der Waals surface area contributed by atoms with E-state index >= 15 is 0 Å². The number of carbonyl (C=O) groups excluding carboxylic acids is 2. The zero-order chi connectivity index (χ0) is 24.0. The zero-order valence-electron chi connectivity index (χ0n) is 18.3. The number of esters is 2. The van der Waals surface area contributed by atoms with Crippen molar-refractivity contribution in [2.45, 2.75) is 46.1 Å². The fourth-order valence-corrected chi connectivity index (χ4v) is 2.42. The Morgan fingerprint density at radius 1 is 1.00 bits per heavy atom. The summed E-state index contributed by atoms with van der Waals surface area (Å²) in [7, 11) is 1.16. The van der Waals surface area contributed by atoms with Crippen molar-refractivity contribution in [2.24, 2.45) is 0 Å². The van der Waals surface area contributed by atoms with Crippen LogP contribution in [0.3, 0.4) is 0 Å². The number of carboxylic acids is 2. The van der Waals surface area contributed by atoms with E-state index in [1.807, 2.05) is 6.92 Å². The van der Waals surface area contributed by atoms with Gasteiger partial charge < -0.3 is 24.4 Å². The summed E-state index contributed by atoms with van der Waals surface area (Å²) in [6, 6.07) is 0. The molecule has 0 amide bonds. The van der Waals surface area contributed by atoms with Crippen molar-refractivity contribution >= 4 is 23.9 Å².